The molecule has 2 nitrogen and oxygen atoms in total. The van der Waals surface area contributed by atoms with E-state index >= 15 is 0 Å². The van der Waals surface area contributed by atoms with Crippen LogP contribution >= 0.6 is 0 Å². The molecule has 1 fully saturated rings. The number of hydrogen-bond donors (Lipinski definition) is 0. The van der Waals surface area contributed by atoms with Gasteiger partial charge in [0.2, 0.25) is 0 Å². The first kappa shape index (κ1) is 21.8. The first-order chi connectivity index (χ1) is 16.1. The lowest BCUT2D eigenvalue weighted by Crippen LogP contribution is -2.26. The highest BCUT2D eigenvalue weighted by atomic mass is 16.5. The molecule has 0 N–H and O–H groups in total. The van der Waals surface area contributed by atoms with Crippen LogP contribution in [0.1, 0.15) is 66.7 Å². The molecule has 5 rings (SSSR count). The second-order valence-electron chi connectivity index (χ2n) is 9.72. The summed E-state index contributed by atoms with van der Waals surface area (Å²) in [5, 5.41) is 0. The topological polar surface area (TPSA) is 18.5 Å². The summed E-state index contributed by atoms with van der Waals surface area (Å²) < 4.78 is 10.9. The molecule has 3 aromatic rings. The van der Waals surface area contributed by atoms with Gasteiger partial charge in [-0.05, 0) is 114 Å². The van der Waals surface area contributed by atoms with Gasteiger partial charge in [-0.15, -0.1) is 0 Å². The number of benzene rings is 3. The highest BCUT2D eigenvalue weighted by Crippen LogP contribution is 2.60. The molecule has 1 spiro atoms. The summed E-state index contributed by atoms with van der Waals surface area (Å²) in [6.45, 7) is 2.26. The molecule has 0 bridgehead atoms. The maximum atomic E-state index is 5.45. The molecular weight excluding hydrogens is 404 g/mol. The van der Waals surface area contributed by atoms with Crippen LogP contribution in [0.15, 0.2) is 72.8 Å². The van der Waals surface area contributed by atoms with Crippen LogP contribution in [0.5, 0.6) is 11.5 Å². The van der Waals surface area contributed by atoms with Crippen molar-refractivity contribution in [3.63, 3.8) is 0 Å². The number of rotatable bonds is 5. The smallest absolute Gasteiger partial charge is 0.118 e. The zero-order chi connectivity index (χ0) is 22.8. The van der Waals surface area contributed by atoms with Crippen molar-refractivity contribution in [3.05, 3.63) is 95.1 Å². The highest BCUT2D eigenvalue weighted by Gasteiger charge is 2.44. The SMILES string of the molecule is COc1ccc(C2=C(c3ccc(OC)cc3)C3(CC2)CCC(c2ccccc2C)CC3)cc1. The van der Waals surface area contributed by atoms with Crippen molar-refractivity contribution < 1.29 is 9.47 Å². The van der Waals surface area contributed by atoms with Crippen LogP contribution in [0.25, 0.3) is 11.1 Å². The van der Waals surface area contributed by atoms with Gasteiger partial charge < -0.3 is 9.47 Å². The van der Waals surface area contributed by atoms with Crippen molar-refractivity contribution in [2.75, 3.05) is 14.2 Å². The fourth-order valence-corrected chi connectivity index (χ4v) is 6.28. The fraction of sp³-hybridized carbons (Fsp3) is 0.355. The van der Waals surface area contributed by atoms with E-state index in [9.17, 15) is 0 Å². The maximum absolute atomic E-state index is 5.45. The van der Waals surface area contributed by atoms with Crippen molar-refractivity contribution in [2.24, 2.45) is 5.41 Å². The molecule has 0 amide bonds. The Labute approximate surface area is 198 Å². The number of methoxy groups -OCH3 is 2. The first-order valence-corrected chi connectivity index (χ1v) is 12.2. The van der Waals surface area contributed by atoms with Crippen molar-refractivity contribution >= 4 is 11.1 Å². The molecule has 0 aromatic heterocycles. The van der Waals surface area contributed by atoms with Crippen molar-refractivity contribution in [1.29, 1.82) is 0 Å². The normalized spacial score (nSPS) is 22.6. The molecule has 1 saturated carbocycles. The van der Waals surface area contributed by atoms with E-state index in [4.69, 9.17) is 9.47 Å². The minimum absolute atomic E-state index is 0.267. The van der Waals surface area contributed by atoms with E-state index in [2.05, 4.69) is 79.7 Å². The van der Waals surface area contributed by atoms with Gasteiger partial charge in [-0.3, -0.25) is 0 Å². The molecule has 2 aliphatic rings. The fourth-order valence-electron chi connectivity index (χ4n) is 6.28. The lowest BCUT2D eigenvalue weighted by atomic mass is 9.64. The van der Waals surface area contributed by atoms with Crippen LogP contribution < -0.4 is 9.47 Å². The number of aryl methyl sites for hydroxylation is 1. The van der Waals surface area contributed by atoms with Gasteiger partial charge in [0.25, 0.3) is 0 Å². The van der Waals surface area contributed by atoms with E-state index in [1.807, 2.05) is 0 Å². The summed E-state index contributed by atoms with van der Waals surface area (Å²) >= 11 is 0. The summed E-state index contributed by atoms with van der Waals surface area (Å²) in [7, 11) is 3.47. The largest absolute Gasteiger partial charge is 0.497 e. The Hall–Kier alpha value is -3.00. The number of hydrogen-bond acceptors (Lipinski definition) is 2. The molecule has 0 unspecified atom stereocenters. The second kappa shape index (κ2) is 9.09. The lowest BCUT2D eigenvalue weighted by molar-refractivity contribution is 0.244. The lowest BCUT2D eigenvalue weighted by Gasteiger charge is -2.40. The second-order valence-corrected chi connectivity index (χ2v) is 9.72. The molecule has 0 atom stereocenters. The van der Waals surface area contributed by atoms with Gasteiger partial charge in [0.05, 0.1) is 14.2 Å². The molecule has 0 aliphatic heterocycles. The zero-order valence-electron chi connectivity index (χ0n) is 20.1. The summed E-state index contributed by atoms with van der Waals surface area (Å²) in [6.07, 6.45) is 7.43. The molecule has 170 valence electrons. The Kier molecular flexibility index (Phi) is 6.01. The minimum atomic E-state index is 0.267. The van der Waals surface area contributed by atoms with Crippen LogP contribution in [-0.4, -0.2) is 14.2 Å². The Morgan fingerprint density at radius 2 is 1.27 bits per heavy atom. The standard InChI is InChI=1S/C31H34O2/c1-22-6-4-5-7-28(22)24-16-19-31(20-17-24)21-18-29(23-8-12-26(32-2)13-9-23)30(31)25-10-14-27(33-3)15-11-25/h4-15,24H,16-21H2,1-3H3. The van der Waals surface area contributed by atoms with Gasteiger partial charge in [-0.25, -0.2) is 0 Å². The molecular formula is C31H34O2. The Morgan fingerprint density at radius 1 is 0.697 bits per heavy atom. The van der Waals surface area contributed by atoms with Crippen LogP contribution in [0.2, 0.25) is 0 Å². The van der Waals surface area contributed by atoms with Gasteiger partial charge in [-0.1, -0.05) is 48.5 Å². The molecule has 3 aromatic carbocycles. The molecule has 0 heterocycles. The van der Waals surface area contributed by atoms with E-state index in [0.717, 1.165) is 17.9 Å². The Bertz CT molecular complexity index is 1130. The average Bonchev–Trinajstić information content (AvgIpc) is 3.23. The van der Waals surface area contributed by atoms with Crippen LogP contribution in [-0.2, 0) is 0 Å². The van der Waals surface area contributed by atoms with E-state index in [-0.39, 0.29) is 5.41 Å². The van der Waals surface area contributed by atoms with Gasteiger partial charge in [-0.2, -0.15) is 0 Å². The van der Waals surface area contributed by atoms with Gasteiger partial charge >= 0.3 is 0 Å². The number of ether oxygens (including phenoxy) is 2. The maximum Gasteiger partial charge on any atom is 0.118 e. The van der Waals surface area contributed by atoms with Crippen LogP contribution in [0.4, 0.5) is 0 Å². The quantitative estimate of drug-likeness (QED) is 0.401. The average molecular weight is 439 g/mol. The van der Waals surface area contributed by atoms with Crippen molar-refractivity contribution in [2.45, 2.75) is 51.4 Å². The number of allylic oxidation sites excluding steroid dienone is 2. The van der Waals surface area contributed by atoms with Gasteiger partial charge in [0.1, 0.15) is 11.5 Å². The van der Waals surface area contributed by atoms with Crippen molar-refractivity contribution in [3.8, 4) is 11.5 Å². The van der Waals surface area contributed by atoms with E-state index in [1.165, 1.54) is 54.4 Å². The predicted octanol–water partition coefficient (Wildman–Crippen LogP) is 8.06. The monoisotopic (exact) mass is 438 g/mol. The van der Waals surface area contributed by atoms with Gasteiger partial charge in [0.15, 0.2) is 0 Å². The first-order valence-electron chi connectivity index (χ1n) is 12.2. The molecule has 0 radical (unpaired) electrons. The van der Waals surface area contributed by atoms with Crippen LogP contribution in [0, 0.1) is 12.3 Å². The molecule has 2 heteroatoms. The van der Waals surface area contributed by atoms with Crippen LogP contribution in [0.3, 0.4) is 0 Å². The third-order valence-corrected chi connectivity index (χ3v) is 8.07. The van der Waals surface area contributed by atoms with E-state index in [0.29, 0.717) is 5.92 Å². The minimum Gasteiger partial charge on any atom is -0.497 e. The molecule has 0 saturated heterocycles. The third kappa shape index (κ3) is 4.08. The Morgan fingerprint density at radius 3 is 1.85 bits per heavy atom. The Balaban J connectivity index is 1.52. The summed E-state index contributed by atoms with van der Waals surface area (Å²) in [5.41, 5.74) is 9.03. The third-order valence-electron chi connectivity index (χ3n) is 8.07. The molecule has 33 heavy (non-hydrogen) atoms. The molecule has 2 aliphatic carbocycles. The van der Waals surface area contributed by atoms with Gasteiger partial charge in [0, 0.05) is 0 Å². The zero-order valence-corrected chi connectivity index (χ0v) is 20.1. The van der Waals surface area contributed by atoms with Crippen molar-refractivity contribution in [1.82, 2.24) is 0 Å². The van der Waals surface area contributed by atoms with E-state index in [1.54, 1.807) is 25.4 Å². The van der Waals surface area contributed by atoms with E-state index < -0.39 is 0 Å². The predicted molar refractivity (Wildman–Crippen MR) is 137 cm³/mol. The summed E-state index contributed by atoms with van der Waals surface area (Å²) in [5.74, 6) is 2.51. The highest BCUT2D eigenvalue weighted by molar-refractivity contribution is 5.96. The summed E-state index contributed by atoms with van der Waals surface area (Å²) in [6, 6.07) is 26.4. The summed E-state index contributed by atoms with van der Waals surface area (Å²) in [4.78, 5) is 0.